The van der Waals surface area contributed by atoms with Gasteiger partial charge in [-0.2, -0.15) is 0 Å². The lowest BCUT2D eigenvalue weighted by Gasteiger charge is -2.34. The van der Waals surface area contributed by atoms with E-state index in [9.17, 15) is 0 Å². The minimum absolute atomic E-state index is 0.599. The lowest BCUT2D eigenvalue weighted by molar-refractivity contribution is 1.07. The van der Waals surface area contributed by atoms with Crippen molar-refractivity contribution in [1.29, 1.82) is 0 Å². The first-order valence-corrected chi connectivity index (χ1v) is 28.0. The molecule has 0 radical (unpaired) electrons. The van der Waals surface area contributed by atoms with Crippen LogP contribution in [0.3, 0.4) is 0 Å². The Hall–Kier alpha value is -9.55. The van der Waals surface area contributed by atoms with E-state index in [1.165, 1.54) is 64.9 Å². The molecule has 0 spiro atoms. The van der Waals surface area contributed by atoms with Crippen LogP contribution in [-0.4, -0.2) is 27.6 Å². The van der Waals surface area contributed by atoms with Gasteiger partial charge in [-0.05, 0) is 92.7 Å². The average molecular weight is 989 g/mol. The fourth-order valence-corrected chi connectivity index (χ4v) is 16.1. The second-order valence-corrected chi connectivity index (χ2v) is 23.5. The Labute approximate surface area is 445 Å². The van der Waals surface area contributed by atoms with Crippen LogP contribution in [0.5, 0.6) is 0 Å². The van der Waals surface area contributed by atoms with E-state index in [0.717, 1.165) is 44.5 Å². The van der Waals surface area contributed by atoms with Crippen molar-refractivity contribution in [2.24, 2.45) is 0 Å². The largest absolute Gasteiger partial charge is 0.309 e. The molecular weight excluding hydrogens is 937 g/mol. The molecule has 0 amide bonds. The Balaban J connectivity index is 1.10. The van der Waals surface area contributed by atoms with Gasteiger partial charge in [-0.25, -0.2) is 15.0 Å². The Morgan fingerprint density at radius 1 is 0.276 bits per heavy atom. The highest BCUT2D eigenvalue weighted by Gasteiger charge is 2.41. The third kappa shape index (κ3) is 8.43. The van der Waals surface area contributed by atoms with Crippen LogP contribution in [0.2, 0.25) is 0 Å². The number of rotatable bonds is 11. The summed E-state index contributed by atoms with van der Waals surface area (Å²) in [6, 6.07) is 102. The highest BCUT2D eigenvalue weighted by atomic mass is 28.3. The summed E-state index contributed by atoms with van der Waals surface area (Å²) in [5.41, 5.74) is 15.4. The van der Waals surface area contributed by atoms with Crippen LogP contribution in [-0.2, 0) is 0 Å². The van der Waals surface area contributed by atoms with Crippen LogP contribution in [0.25, 0.3) is 95.0 Å². The van der Waals surface area contributed by atoms with Gasteiger partial charge in [0, 0.05) is 33.0 Å². The summed E-state index contributed by atoms with van der Waals surface area (Å²) in [7, 11) is -2.90. The molecule has 2 aromatic heterocycles. The molecule has 0 N–H and O–H groups in total. The van der Waals surface area contributed by atoms with Crippen LogP contribution in [0.15, 0.2) is 279 Å². The minimum Gasteiger partial charge on any atom is -0.309 e. The minimum atomic E-state index is -2.90. The van der Waals surface area contributed by atoms with Gasteiger partial charge in [0.25, 0.3) is 0 Å². The average Bonchev–Trinajstić information content (AvgIpc) is 3.82. The number of aromatic nitrogens is 4. The zero-order valence-corrected chi connectivity index (χ0v) is 43.3. The molecule has 4 nitrogen and oxygen atoms in total. The molecular formula is C71H52N4Si. The van der Waals surface area contributed by atoms with Crippen molar-refractivity contribution >= 4 is 50.6 Å². The molecule has 0 saturated heterocycles. The van der Waals surface area contributed by atoms with Gasteiger partial charge in [-0.1, -0.05) is 260 Å². The topological polar surface area (TPSA) is 43.6 Å². The van der Waals surface area contributed by atoms with E-state index in [-0.39, 0.29) is 0 Å². The number of benzene rings is 11. The third-order valence-electron chi connectivity index (χ3n) is 14.9. The van der Waals surface area contributed by atoms with E-state index in [1.54, 1.807) is 0 Å². The van der Waals surface area contributed by atoms with Crippen molar-refractivity contribution in [3.63, 3.8) is 0 Å². The van der Waals surface area contributed by atoms with E-state index < -0.39 is 8.07 Å². The zero-order valence-electron chi connectivity index (χ0n) is 42.3. The van der Waals surface area contributed by atoms with E-state index in [4.69, 9.17) is 15.0 Å². The molecule has 0 aliphatic rings. The van der Waals surface area contributed by atoms with Crippen molar-refractivity contribution in [1.82, 2.24) is 19.5 Å². The van der Waals surface area contributed by atoms with Crippen LogP contribution in [0.4, 0.5) is 0 Å². The zero-order chi connectivity index (χ0) is 51.0. The predicted molar refractivity (Wildman–Crippen MR) is 320 cm³/mol. The van der Waals surface area contributed by atoms with E-state index in [1.807, 2.05) is 36.4 Å². The number of nitrogens with zero attached hydrogens (tertiary/aromatic N) is 4. The van der Waals surface area contributed by atoms with E-state index in [0.29, 0.717) is 17.5 Å². The maximum absolute atomic E-state index is 5.27. The fraction of sp³-hybridized carbons (Fsp3) is 0.0282. The molecule has 360 valence electrons. The maximum Gasteiger partial charge on any atom is 0.179 e. The maximum atomic E-state index is 5.27. The van der Waals surface area contributed by atoms with Crippen LogP contribution in [0, 0.1) is 13.8 Å². The van der Waals surface area contributed by atoms with Gasteiger partial charge in [-0.3, -0.25) is 0 Å². The molecule has 0 unspecified atom stereocenters. The Bertz CT molecular complexity index is 3970. The first kappa shape index (κ1) is 46.2. The van der Waals surface area contributed by atoms with Gasteiger partial charge < -0.3 is 4.57 Å². The Kier molecular flexibility index (Phi) is 12.0. The summed E-state index contributed by atoms with van der Waals surface area (Å²) >= 11 is 0. The second-order valence-electron chi connectivity index (χ2n) is 19.7. The fourth-order valence-electron chi connectivity index (χ4n) is 11.3. The second kappa shape index (κ2) is 19.7. The number of aryl methyl sites for hydroxylation is 2. The molecule has 0 aliphatic carbocycles. The molecule has 0 atom stereocenters. The van der Waals surface area contributed by atoms with Gasteiger partial charge >= 0.3 is 0 Å². The summed E-state index contributed by atoms with van der Waals surface area (Å²) < 4.78 is 2.48. The Morgan fingerprint density at radius 2 is 0.645 bits per heavy atom. The number of hydrogen-bond donors (Lipinski definition) is 0. The third-order valence-corrected chi connectivity index (χ3v) is 19.7. The lowest BCUT2D eigenvalue weighted by atomic mass is 9.99. The van der Waals surface area contributed by atoms with Gasteiger partial charge in [0.15, 0.2) is 25.5 Å². The summed E-state index contributed by atoms with van der Waals surface area (Å²) in [5.74, 6) is 1.84. The molecule has 5 heteroatoms. The summed E-state index contributed by atoms with van der Waals surface area (Å²) in [6.07, 6.45) is 0. The molecule has 11 aromatic carbocycles. The summed E-state index contributed by atoms with van der Waals surface area (Å²) in [5, 5.41) is 7.64. The Morgan fingerprint density at radius 3 is 1.11 bits per heavy atom. The van der Waals surface area contributed by atoms with Crippen molar-refractivity contribution in [3.8, 4) is 73.2 Å². The number of hydrogen-bond acceptors (Lipinski definition) is 3. The van der Waals surface area contributed by atoms with Gasteiger partial charge in [0.2, 0.25) is 0 Å². The standard InChI is InChI=1S/C71H52N4Si/c1-49-21-18-27-53(43-49)55-38-41-66-64(46-55)65-47-56(54-28-19-22-50(2)44-54)39-42-67(65)75(66)68-48-58(71-73-69(51-23-8-3-9-24-51)72-70(74-71)52-25-10-4-11-26-52)37-40-63(68)57-29-20-36-62(45-57)76(59-30-12-5-13-31-59,60-32-14-6-15-33-60)61-34-16-7-17-35-61/h3-48H,1-2H3. The first-order valence-electron chi connectivity index (χ1n) is 26.0. The van der Waals surface area contributed by atoms with E-state index >= 15 is 0 Å². The molecule has 13 aromatic rings. The summed E-state index contributed by atoms with van der Waals surface area (Å²) in [4.78, 5) is 15.6. The van der Waals surface area contributed by atoms with Crippen LogP contribution in [0.1, 0.15) is 11.1 Å². The smallest absolute Gasteiger partial charge is 0.179 e. The molecule has 0 bridgehead atoms. The van der Waals surface area contributed by atoms with Gasteiger partial charge in [-0.15, -0.1) is 0 Å². The molecule has 13 rings (SSSR count). The quantitative estimate of drug-likeness (QED) is 0.0958. The van der Waals surface area contributed by atoms with Crippen LogP contribution >= 0.6 is 0 Å². The van der Waals surface area contributed by atoms with Crippen molar-refractivity contribution in [2.75, 3.05) is 0 Å². The van der Waals surface area contributed by atoms with Gasteiger partial charge in [0.1, 0.15) is 0 Å². The first-order chi connectivity index (χ1) is 37.5. The normalized spacial score (nSPS) is 11.6. The lowest BCUT2D eigenvalue weighted by Crippen LogP contribution is -2.74. The van der Waals surface area contributed by atoms with Crippen molar-refractivity contribution < 1.29 is 0 Å². The molecule has 2 heterocycles. The SMILES string of the molecule is Cc1cccc(-c2ccc3c(c2)c2cc(-c4cccc(C)c4)ccc2n3-c2cc(-c3nc(-c4ccccc4)nc(-c4ccccc4)n3)ccc2-c2cccc([Si](c3ccccc3)(c3ccccc3)c3ccccc3)c2)c1. The molecule has 76 heavy (non-hydrogen) atoms. The monoisotopic (exact) mass is 988 g/mol. The number of fused-ring (bicyclic) bond motifs is 3. The predicted octanol–water partition coefficient (Wildman–Crippen LogP) is 15.0. The van der Waals surface area contributed by atoms with Crippen molar-refractivity contribution in [2.45, 2.75) is 13.8 Å². The molecule has 0 saturated carbocycles. The highest BCUT2D eigenvalue weighted by Crippen LogP contribution is 2.41. The summed E-state index contributed by atoms with van der Waals surface area (Å²) in [6.45, 7) is 4.32. The van der Waals surface area contributed by atoms with E-state index in [2.05, 4.69) is 261 Å². The molecule has 0 aliphatic heterocycles. The van der Waals surface area contributed by atoms with Gasteiger partial charge in [0.05, 0.1) is 16.7 Å². The van der Waals surface area contributed by atoms with Crippen molar-refractivity contribution in [3.05, 3.63) is 290 Å². The highest BCUT2D eigenvalue weighted by molar-refractivity contribution is 7.19. The van der Waals surface area contributed by atoms with Crippen LogP contribution < -0.4 is 20.7 Å². The molecule has 0 fully saturated rings.